The number of aromatic nitrogens is 4. The molecule has 198 valence electrons. The number of rotatable bonds is 7. The van der Waals surface area contributed by atoms with Gasteiger partial charge in [-0.15, -0.1) is 5.10 Å². The number of tetrazole rings is 1. The van der Waals surface area contributed by atoms with Gasteiger partial charge in [-0.2, -0.15) is 13.2 Å². The Kier molecular flexibility index (Phi) is 7.46. The largest absolute Gasteiger partial charge is 0.416 e. The molecule has 0 aliphatic carbocycles. The molecule has 5 rings (SSSR count). The third-order valence-electron chi connectivity index (χ3n) is 7.20. The van der Waals surface area contributed by atoms with Crippen molar-refractivity contribution in [1.82, 2.24) is 25.1 Å². The summed E-state index contributed by atoms with van der Waals surface area (Å²) in [6.07, 6.45) is -3.64. The van der Waals surface area contributed by atoms with Gasteiger partial charge in [-0.1, -0.05) is 54.6 Å². The van der Waals surface area contributed by atoms with Gasteiger partial charge in [0.2, 0.25) is 0 Å². The molecule has 0 spiro atoms. The van der Waals surface area contributed by atoms with Crippen molar-refractivity contribution >= 4 is 5.69 Å². The first-order chi connectivity index (χ1) is 18.3. The second-order valence-corrected chi connectivity index (χ2v) is 9.83. The molecular formula is C29H31F3N6. The monoisotopic (exact) mass is 520 g/mol. The van der Waals surface area contributed by atoms with Crippen molar-refractivity contribution in [2.75, 3.05) is 31.1 Å². The summed E-state index contributed by atoms with van der Waals surface area (Å²) in [5.74, 6) is 0.640. The van der Waals surface area contributed by atoms with E-state index in [1.165, 1.54) is 22.4 Å². The molecule has 1 aromatic heterocycles. The summed E-state index contributed by atoms with van der Waals surface area (Å²) in [6, 6.07) is 21.6. The molecule has 0 amide bonds. The van der Waals surface area contributed by atoms with E-state index in [-0.39, 0.29) is 6.04 Å². The SMILES string of the molecule is Cc1ccc(C)c(N2CCN([C@@H](c3ccc(C(F)(F)F)cc3)c3nnnn3CCc3ccccc3)CC2)c1. The number of benzene rings is 3. The molecule has 0 saturated carbocycles. The molecule has 1 saturated heterocycles. The molecule has 38 heavy (non-hydrogen) atoms. The fourth-order valence-corrected chi connectivity index (χ4v) is 5.11. The van der Waals surface area contributed by atoms with E-state index >= 15 is 0 Å². The third-order valence-corrected chi connectivity index (χ3v) is 7.20. The van der Waals surface area contributed by atoms with Crippen LogP contribution in [0.4, 0.5) is 18.9 Å². The summed E-state index contributed by atoms with van der Waals surface area (Å²) in [6.45, 7) is 7.84. The summed E-state index contributed by atoms with van der Waals surface area (Å²) in [5, 5.41) is 12.6. The zero-order valence-corrected chi connectivity index (χ0v) is 21.6. The van der Waals surface area contributed by atoms with Gasteiger partial charge in [0.15, 0.2) is 5.82 Å². The average Bonchev–Trinajstić information content (AvgIpc) is 3.38. The predicted octanol–water partition coefficient (Wildman–Crippen LogP) is 5.46. The van der Waals surface area contributed by atoms with Crippen molar-refractivity contribution < 1.29 is 13.2 Å². The van der Waals surface area contributed by atoms with Gasteiger partial charge in [0.1, 0.15) is 0 Å². The summed E-state index contributed by atoms with van der Waals surface area (Å²) in [4.78, 5) is 4.65. The molecule has 1 fully saturated rings. The molecule has 1 aliphatic heterocycles. The van der Waals surface area contributed by atoms with Crippen molar-refractivity contribution in [2.45, 2.75) is 39.0 Å². The quantitative estimate of drug-likeness (QED) is 0.324. The summed E-state index contributed by atoms with van der Waals surface area (Å²) in [5.41, 5.74) is 4.92. The predicted molar refractivity (Wildman–Crippen MR) is 141 cm³/mol. The lowest BCUT2D eigenvalue weighted by atomic mass is 10.0. The van der Waals surface area contributed by atoms with E-state index < -0.39 is 11.7 Å². The van der Waals surface area contributed by atoms with Crippen molar-refractivity contribution in [3.8, 4) is 0 Å². The van der Waals surface area contributed by atoms with Crippen LogP contribution in [-0.2, 0) is 19.1 Å². The molecule has 6 nitrogen and oxygen atoms in total. The molecule has 3 aromatic carbocycles. The first-order valence-corrected chi connectivity index (χ1v) is 12.8. The lowest BCUT2D eigenvalue weighted by molar-refractivity contribution is -0.137. The first-order valence-electron chi connectivity index (χ1n) is 12.8. The van der Waals surface area contributed by atoms with Gasteiger partial charge in [0, 0.05) is 38.4 Å². The smallest absolute Gasteiger partial charge is 0.369 e. The Morgan fingerprint density at radius 3 is 2.26 bits per heavy atom. The van der Waals surface area contributed by atoms with E-state index in [9.17, 15) is 13.2 Å². The lowest BCUT2D eigenvalue weighted by Gasteiger charge is -2.40. The van der Waals surface area contributed by atoms with Gasteiger partial charge < -0.3 is 4.90 Å². The fourth-order valence-electron chi connectivity index (χ4n) is 5.11. The highest BCUT2D eigenvalue weighted by Crippen LogP contribution is 2.34. The number of hydrogen-bond donors (Lipinski definition) is 0. The molecule has 0 unspecified atom stereocenters. The minimum atomic E-state index is -4.39. The van der Waals surface area contributed by atoms with Crippen LogP contribution >= 0.6 is 0 Å². The highest BCUT2D eigenvalue weighted by atomic mass is 19.4. The minimum Gasteiger partial charge on any atom is -0.369 e. The van der Waals surface area contributed by atoms with Gasteiger partial charge in [0.05, 0.1) is 11.6 Å². The Bertz CT molecular complexity index is 1340. The average molecular weight is 521 g/mol. The molecule has 0 bridgehead atoms. The van der Waals surface area contributed by atoms with Gasteiger partial charge in [0.25, 0.3) is 0 Å². The molecule has 9 heteroatoms. The van der Waals surface area contributed by atoms with Crippen LogP contribution in [0.2, 0.25) is 0 Å². The fraction of sp³-hybridized carbons (Fsp3) is 0.345. The van der Waals surface area contributed by atoms with Crippen LogP contribution in [0.3, 0.4) is 0 Å². The van der Waals surface area contributed by atoms with Crippen molar-refractivity contribution in [2.24, 2.45) is 0 Å². The molecule has 4 aromatic rings. The number of halogens is 3. The molecule has 0 N–H and O–H groups in total. The Labute approximate surface area is 220 Å². The lowest BCUT2D eigenvalue weighted by Crippen LogP contribution is -2.48. The maximum atomic E-state index is 13.3. The van der Waals surface area contributed by atoms with Crippen LogP contribution in [0.1, 0.15) is 39.7 Å². The van der Waals surface area contributed by atoms with Crippen LogP contribution in [0.25, 0.3) is 0 Å². The Balaban J connectivity index is 1.42. The topological polar surface area (TPSA) is 50.1 Å². The van der Waals surface area contributed by atoms with Crippen molar-refractivity contribution in [3.05, 3.63) is 106 Å². The van der Waals surface area contributed by atoms with E-state index in [1.807, 2.05) is 18.2 Å². The first kappa shape index (κ1) is 25.9. The summed E-state index contributed by atoms with van der Waals surface area (Å²) < 4.78 is 41.6. The molecule has 1 atom stereocenters. The Hall–Kier alpha value is -3.72. The summed E-state index contributed by atoms with van der Waals surface area (Å²) >= 11 is 0. The van der Waals surface area contributed by atoms with E-state index in [0.29, 0.717) is 12.4 Å². The molecule has 0 radical (unpaired) electrons. The Morgan fingerprint density at radius 1 is 0.868 bits per heavy atom. The highest BCUT2D eigenvalue weighted by Gasteiger charge is 2.33. The minimum absolute atomic E-state index is 0.358. The van der Waals surface area contributed by atoms with Crippen LogP contribution in [-0.4, -0.2) is 51.3 Å². The maximum Gasteiger partial charge on any atom is 0.416 e. The van der Waals surface area contributed by atoms with Gasteiger partial charge in [-0.25, -0.2) is 4.68 Å². The van der Waals surface area contributed by atoms with E-state index in [1.54, 1.807) is 16.8 Å². The van der Waals surface area contributed by atoms with E-state index in [0.717, 1.165) is 50.3 Å². The van der Waals surface area contributed by atoms with Crippen molar-refractivity contribution in [1.29, 1.82) is 0 Å². The zero-order valence-electron chi connectivity index (χ0n) is 21.6. The third kappa shape index (κ3) is 5.72. The number of anilines is 1. The summed E-state index contributed by atoms with van der Waals surface area (Å²) in [7, 11) is 0. The van der Waals surface area contributed by atoms with Gasteiger partial charge >= 0.3 is 6.18 Å². The van der Waals surface area contributed by atoms with E-state index in [4.69, 9.17) is 0 Å². The van der Waals surface area contributed by atoms with Crippen LogP contribution in [0.15, 0.2) is 72.8 Å². The normalized spacial score (nSPS) is 15.6. The number of nitrogens with zero attached hydrogens (tertiary/aromatic N) is 6. The number of piperazine rings is 1. The second kappa shape index (κ2) is 10.9. The molecule has 2 heterocycles. The second-order valence-electron chi connectivity index (χ2n) is 9.83. The molecule has 1 aliphatic rings. The van der Waals surface area contributed by atoms with Crippen LogP contribution in [0, 0.1) is 13.8 Å². The van der Waals surface area contributed by atoms with Gasteiger partial charge in [-0.3, -0.25) is 4.90 Å². The standard InChI is InChI=1S/C29H31F3N6/c1-21-8-9-22(2)26(20-21)36-16-18-37(19-17-36)27(24-10-12-25(13-11-24)29(30,31)32)28-33-34-35-38(28)15-14-23-6-4-3-5-7-23/h3-13,20,27H,14-19H2,1-2H3/t27-/m0/s1. The maximum absolute atomic E-state index is 13.3. The number of alkyl halides is 3. The van der Waals surface area contributed by atoms with Gasteiger partial charge in [-0.05, 0) is 71.1 Å². The van der Waals surface area contributed by atoms with Crippen LogP contribution < -0.4 is 4.90 Å². The number of hydrogen-bond acceptors (Lipinski definition) is 5. The molecular weight excluding hydrogens is 489 g/mol. The Morgan fingerprint density at radius 2 is 1.58 bits per heavy atom. The highest BCUT2D eigenvalue weighted by molar-refractivity contribution is 5.55. The van der Waals surface area contributed by atoms with E-state index in [2.05, 4.69) is 69.5 Å². The zero-order chi connectivity index (χ0) is 26.7. The van der Waals surface area contributed by atoms with Crippen molar-refractivity contribution in [3.63, 3.8) is 0 Å². The van der Waals surface area contributed by atoms with Crippen LogP contribution in [0.5, 0.6) is 0 Å². The number of aryl methyl sites for hydroxylation is 4.